The summed E-state index contributed by atoms with van der Waals surface area (Å²) in [6.07, 6.45) is 4.24. The van der Waals surface area contributed by atoms with E-state index in [1.54, 1.807) is 24.2 Å². The van der Waals surface area contributed by atoms with E-state index < -0.39 is 0 Å². The number of carbonyl (C=O) groups is 1. The first-order chi connectivity index (χ1) is 8.69. The van der Waals surface area contributed by atoms with E-state index in [1.807, 2.05) is 13.1 Å². The summed E-state index contributed by atoms with van der Waals surface area (Å²) in [5.41, 5.74) is 1.33. The van der Waals surface area contributed by atoms with Crippen LogP contribution >= 0.6 is 0 Å². The van der Waals surface area contributed by atoms with Gasteiger partial charge in [0.1, 0.15) is 5.69 Å². The molecule has 0 saturated carbocycles. The SMILES string of the molecule is CNc1ccnc(C(=O)N(C)CCCCCO)c1. The highest BCUT2D eigenvalue weighted by atomic mass is 16.2. The third-order valence-corrected chi connectivity index (χ3v) is 2.77. The molecule has 100 valence electrons. The molecule has 1 aromatic heterocycles. The van der Waals surface area contributed by atoms with Crippen molar-refractivity contribution in [2.75, 3.05) is 32.6 Å². The lowest BCUT2D eigenvalue weighted by Gasteiger charge is -2.16. The van der Waals surface area contributed by atoms with Crippen LogP contribution in [-0.2, 0) is 0 Å². The molecule has 0 aromatic carbocycles. The molecule has 1 aromatic rings. The van der Waals surface area contributed by atoms with E-state index in [-0.39, 0.29) is 12.5 Å². The average molecular weight is 251 g/mol. The molecular formula is C13H21N3O2. The summed E-state index contributed by atoms with van der Waals surface area (Å²) in [7, 11) is 3.58. The number of anilines is 1. The molecule has 0 bridgehead atoms. The number of amides is 1. The molecule has 0 atom stereocenters. The van der Waals surface area contributed by atoms with Crippen molar-refractivity contribution in [1.82, 2.24) is 9.88 Å². The second-order valence-electron chi connectivity index (χ2n) is 4.19. The van der Waals surface area contributed by atoms with Gasteiger partial charge in [-0.25, -0.2) is 0 Å². The van der Waals surface area contributed by atoms with Gasteiger partial charge in [0.05, 0.1) is 0 Å². The molecule has 0 aliphatic heterocycles. The zero-order valence-corrected chi connectivity index (χ0v) is 11.0. The normalized spacial score (nSPS) is 10.2. The fourth-order valence-corrected chi connectivity index (χ4v) is 1.64. The molecule has 0 fully saturated rings. The predicted molar refractivity (Wildman–Crippen MR) is 71.7 cm³/mol. The van der Waals surface area contributed by atoms with Crippen LogP contribution in [0.4, 0.5) is 5.69 Å². The van der Waals surface area contributed by atoms with Crippen molar-refractivity contribution >= 4 is 11.6 Å². The van der Waals surface area contributed by atoms with Gasteiger partial charge in [-0.05, 0) is 31.4 Å². The number of pyridine rings is 1. The number of nitrogens with zero attached hydrogens (tertiary/aromatic N) is 2. The average Bonchev–Trinajstić information content (AvgIpc) is 2.42. The Morgan fingerprint density at radius 1 is 1.44 bits per heavy atom. The van der Waals surface area contributed by atoms with Crippen LogP contribution in [0, 0.1) is 0 Å². The van der Waals surface area contributed by atoms with Crippen LogP contribution in [0.15, 0.2) is 18.3 Å². The molecule has 0 saturated heterocycles. The van der Waals surface area contributed by atoms with Gasteiger partial charge in [-0.3, -0.25) is 9.78 Å². The van der Waals surface area contributed by atoms with Gasteiger partial charge in [0.25, 0.3) is 5.91 Å². The van der Waals surface area contributed by atoms with Crippen molar-refractivity contribution in [3.05, 3.63) is 24.0 Å². The number of aromatic nitrogens is 1. The van der Waals surface area contributed by atoms with Crippen molar-refractivity contribution in [3.63, 3.8) is 0 Å². The lowest BCUT2D eigenvalue weighted by Crippen LogP contribution is -2.28. The molecule has 0 unspecified atom stereocenters. The molecule has 0 radical (unpaired) electrons. The number of hydrogen-bond donors (Lipinski definition) is 2. The zero-order valence-electron chi connectivity index (χ0n) is 11.0. The van der Waals surface area contributed by atoms with Crippen molar-refractivity contribution in [3.8, 4) is 0 Å². The number of aliphatic hydroxyl groups excluding tert-OH is 1. The van der Waals surface area contributed by atoms with Gasteiger partial charge in [0.2, 0.25) is 0 Å². The second-order valence-corrected chi connectivity index (χ2v) is 4.19. The molecule has 1 amide bonds. The predicted octanol–water partition coefficient (Wildman–Crippen LogP) is 1.36. The van der Waals surface area contributed by atoms with Gasteiger partial charge in [-0.15, -0.1) is 0 Å². The minimum atomic E-state index is -0.0731. The van der Waals surface area contributed by atoms with E-state index >= 15 is 0 Å². The second kappa shape index (κ2) is 7.66. The van der Waals surface area contributed by atoms with Gasteiger partial charge in [-0.1, -0.05) is 0 Å². The fraction of sp³-hybridized carbons (Fsp3) is 0.538. The highest BCUT2D eigenvalue weighted by molar-refractivity contribution is 5.92. The van der Waals surface area contributed by atoms with E-state index in [9.17, 15) is 4.79 Å². The molecular weight excluding hydrogens is 230 g/mol. The number of nitrogens with one attached hydrogen (secondary N) is 1. The molecule has 5 nitrogen and oxygen atoms in total. The van der Waals surface area contributed by atoms with E-state index in [0.717, 1.165) is 24.9 Å². The first-order valence-corrected chi connectivity index (χ1v) is 6.19. The summed E-state index contributed by atoms with van der Waals surface area (Å²) in [6.45, 7) is 0.897. The van der Waals surface area contributed by atoms with Gasteiger partial charge >= 0.3 is 0 Å². The Morgan fingerprint density at radius 3 is 2.89 bits per heavy atom. The minimum Gasteiger partial charge on any atom is -0.396 e. The lowest BCUT2D eigenvalue weighted by atomic mass is 10.2. The minimum absolute atomic E-state index is 0.0731. The largest absolute Gasteiger partial charge is 0.396 e. The van der Waals surface area contributed by atoms with E-state index in [2.05, 4.69) is 10.3 Å². The first kappa shape index (κ1) is 14.4. The van der Waals surface area contributed by atoms with Crippen LogP contribution in [0.2, 0.25) is 0 Å². The number of carbonyl (C=O) groups excluding carboxylic acids is 1. The number of unbranched alkanes of at least 4 members (excludes halogenated alkanes) is 2. The van der Waals surface area contributed by atoms with Gasteiger partial charge in [-0.2, -0.15) is 0 Å². The highest BCUT2D eigenvalue weighted by Gasteiger charge is 2.12. The van der Waals surface area contributed by atoms with E-state index in [4.69, 9.17) is 5.11 Å². The number of hydrogen-bond acceptors (Lipinski definition) is 4. The summed E-state index contributed by atoms with van der Waals surface area (Å²) >= 11 is 0. The van der Waals surface area contributed by atoms with Crippen LogP contribution in [0.3, 0.4) is 0 Å². The molecule has 2 N–H and O–H groups in total. The summed E-state index contributed by atoms with van der Waals surface area (Å²) in [6, 6.07) is 3.56. The van der Waals surface area contributed by atoms with E-state index in [1.165, 1.54) is 0 Å². The third-order valence-electron chi connectivity index (χ3n) is 2.77. The Hall–Kier alpha value is -1.62. The molecule has 0 aliphatic carbocycles. The quantitative estimate of drug-likeness (QED) is 0.718. The van der Waals surface area contributed by atoms with Gasteiger partial charge < -0.3 is 15.3 Å². The Bertz CT molecular complexity index is 382. The van der Waals surface area contributed by atoms with Crippen LogP contribution in [0.5, 0.6) is 0 Å². The summed E-state index contributed by atoms with van der Waals surface area (Å²) < 4.78 is 0. The third kappa shape index (κ3) is 4.33. The maximum Gasteiger partial charge on any atom is 0.272 e. The Kier molecular flexibility index (Phi) is 6.14. The Balaban J connectivity index is 2.51. The van der Waals surface area contributed by atoms with Crippen molar-refractivity contribution in [2.45, 2.75) is 19.3 Å². The van der Waals surface area contributed by atoms with Crippen molar-refractivity contribution < 1.29 is 9.90 Å². The molecule has 18 heavy (non-hydrogen) atoms. The Morgan fingerprint density at radius 2 is 2.22 bits per heavy atom. The fourth-order valence-electron chi connectivity index (χ4n) is 1.64. The highest BCUT2D eigenvalue weighted by Crippen LogP contribution is 2.09. The molecule has 0 aliphatic rings. The van der Waals surface area contributed by atoms with Crippen molar-refractivity contribution in [2.24, 2.45) is 0 Å². The van der Waals surface area contributed by atoms with Crippen molar-refractivity contribution in [1.29, 1.82) is 0 Å². The smallest absolute Gasteiger partial charge is 0.272 e. The maximum absolute atomic E-state index is 12.1. The molecule has 1 rings (SSSR count). The maximum atomic E-state index is 12.1. The lowest BCUT2D eigenvalue weighted by molar-refractivity contribution is 0.0786. The zero-order chi connectivity index (χ0) is 13.4. The van der Waals surface area contributed by atoms with Crippen LogP contribution in [0.1, 0.15) is 29.8 Å². The molecule has 0 spiro atoms. The number of rotatable bonds is 7. The standard InChI is InChI=1S/C13H21N3O2/c1-14-11-6-7-15-12(10-11)13(18)16(2)8-4-3-5-9-17/h6-7,10,17H,3-5,8-9H2,1-2H3,(H,14,15). The monoisotopic (exact) mass is 251 g/mol. The van der Waals surface area contributed by atoms with Crippen LogP contribution < -0.4 is 5.32 Å². The van der Waals surface area contributed by atoms with Gasteiger partial charge in [0, 0.05) is 39.1 Å². The number of aliphatic hydroxyl groups is 1. The van der Waals surface area contributed by atoms with Gasteiger partial charge in [0.15, 0.2) is 0 Å². The Labute approximate surface area is 108 Å². The van der Waals surface area contributed by atoms with Crippen LogP contribution in [0.25, 0.3) is 0 Å². The molecule has 1 heterocycles. The first-order valence-electron chi connectivity index (χ1n) is 6.19. The summed E-state index contributed by atoms with van der Waals surface area (Å²) in [5, 5.41) is 11.7. The molecule has 5 heteroatoms. The van der Waals surface area contributed by atoms with Crippen LogP contribution in [-0.4, -0.2) is 48.1 Å². The summed E-state index contributed by atoms with van der Waals surface area (Å²) in [4.78, 5) is 17.8. The topological polar surface area (TPSA) is 65.5 Å². The summed E-state index contributed by atoms with van der Waals surface area (Å²) in [5.74, 6) is -0.0731. The van der Waals surface area contributed by atoms with E-state index in [0.29, 0.717) is 12.2 Å².